The van der Waals surface area contributed by atoms with Crippen molar-refractivity contribution in [1.29, 1.82) is 0 Å². The largest absolute Gasteiger partial charge is 0.466 e. The van der Waals surface area contributed by atoms with Crippen LogP contribution in [0.25, 0.3) is 0 Å². The molecule has 116 valence electrons. The molecular formula is C16H16BrNO4. The minimum Gasteiger partial charge on any atom is -0.466 e. The summed E-state index contributed by atoms with van der Waals surface area (Å²) in [6.07, 6.45) is -0.911. The van der Waals surface area contributed by atoms with E-state index >= 15 is 0 Å². The molecule has 1 atom stereocenters. The number of amides is 1. The number of furan rings is 1. The SMILES string of the molecule is Cc1cc(C(=O)O[C@@H](C)C(=O)Nc2ccc(Br)cc2)c(C)o1. The highest BCUT2D eigenvalue weighted by atomic mass is 79.9. The first-order valence-electron chi connectivity index (χ1n) is 6.71. The maximum atomic E-state index is 12.0. The number of halogens is 1. The molecule has 0 spiro atoms. The van der Waals surface area contributed by atoms with Gasteiger partial charge in [0.15, 0.2) is 6.10 Å². The van der Waals surface area contributed by atoms with Gasteiger partial charge in [0.05, 0.1) is 0 Å². The maximum Gasteiger partial charge on any atom is 0.342 e. The van der Waals surface area contributed by atoms with Crippen molar-refractivity contribution in [1.82, 2.24) is 0 Å². The Bertz CT molecular complexity index is 691. The molecule has 1 heterocycles. The molecule has 1 amide bonds. The van der Waals surface area contributed by atoms with Gasteiger partial charge in [0.25, 0.3) is 5.91 Å². The second kappa shape index (κ2) is 6.79. The van der Waals surface area contributed by atoms with E-state index in [1.54, 1.807) is 32.0 Å². The van der Waals surface area contributed by atoms with Crippen LogP contribution in [-0.2, 0) is 9.53 Å². The van der Waals surface area contributed by atoms with Crippen LogP contribution >= 0.6 is 15.9 Å². The summed E-state index contributed by atoms with van der Waals surface area (Å²) in [6, 6.07) is 8.71. The molecule has 0 saturated carbocycles. The topological polar surface area (TPSA) is 68.5 Å². The van der Waals surface area contributed by atoms with E-state index in [0.717, 1.165) is 4.47 Å². The number of hydrogen-bond donors (Lipinski definition) is 1. The molecule has 1 aromatic heterocycles. The van der Waals surface area contributed by atoms with E-state index in [9.17, 15) is 9.59 Å². The van der Waals surface area contributed by atoms with Crippen LogP contribution in [0, 0.1) is 13.8 Å². The van der Waals surface area contributed by atoms with Crippen LogP contribution in [0.2, 0.25) is 0 Å². The van der Waals surface area contributed by atoms with E-state index in [1.165, 1.54) is 6.92 Å². The Kier molecular flexibility index (Phi) is 5.03. The third kappa shape index (κ3) is 3.98. The molecule has 0 fully saturated rings. The van der Waals surface area contributed by atoms with Crippen molar-refractivity contribution in [2.45, 2.75) is 26.9 Å². The molecule has 0 saturated heterocycles. The summed E-state index contributed by atoms with van der Waals surface area (Å²) < 4.78 is 11.4. The Labute approximate surface area is 136 Å². The van der Waals surface area contributed by atoms with Gasteiger partial charge < -0.3 is 14.5 Å². The van der Waals surface area contributed by atoms with E-state index in [-0.39, 0.29) is 0 Å². The first kappa shape index (κ1) is 16.3. The molecule has 6 heteroatoms. The highest BCUT2D eigenvalue weighted by Gasteiger charge is 2.22. The van der Waals surface area contributed by atoms with Gasteiger partial charge in [-0.05, 0) is 51.1 Å². The summed E-state index contributed by atoms with van der Waals surface area (Å²) in [7, 11) is 0. The van der Waals surface area contributed by atoms with Gasteiger partial charge in [0, 0.05) is 10.2 Å². The van der Waals surface area contributed by atoms with Crippen molar-refractivity contribution in [2.24, 2.45) is 0 Å². The number of rotatable bonds is 4. The third-order valence-corrected chi connectivity index (χ3v) is 3.55. The second-order valence-electron chi connectivity index (χ2n) is 4.87. The van der Waals surface area contributed by atoms with Crippen molar-refractivity contribution in [3.8, 4) is 0 Å². The molecule has 2 aromatic rings. The zero-order valence-corrected chi connectivity index (χ0v) is 14.1. The molecule has 5 nitrogen and oxygen atoms in total. The van der Waals surface area contributed by atoms with Crippen molar-refractivity contribution >= 4 is 33.5 Å². The number of aryl methyl sites for hydroxylation is 2. The average molecular weight is 366 g/mol. The van der Waals surface area contributed by atoms with E-state index in [2.05, 4.69) is 21.2 Å². The Hall–Kier alpha value is -2.08. The lowest BCUT2D eigenvalue weighted by atomic mass is 10.2. The molecule has 0 aliphatic rings. The van der Waals surface area contributed by atoms with Crippen LogP contribution in [0.15, 0.2) is 39.2 Å². The van der Waals surface area contributed by atoms with Gasteiger partial charge in [-0.2, -0.15) is 0 Å². The fraction of sp³-hybridized carbons (Fsp3) is 0.250. The summed E-state index contributed by atoms with van der Waals surface area (Å²) in [4.78, 5) is 24.1. The van der Waals surface area contributed by atoms with Crippen molar-refractivity contribution in [3.63, 3.8) is 0 Å². The average Bonchev–Trinajstić information content (AvgIpc) is 2.80. The summed E-state index contributed by atoms with van der Waals surface area (Å²) in [5.74, 6) is 0.126. The van der Waals surface area contributed by atoms with Crippen LogP contribution in [-0.4, -0.2) is 18.0 Å². The van der Waals surface area contributed by atoms with Gasteiger partial charge in [-0.1, -0.05) is 15.9 Å². The Balaban J connectivity index is 1.97. The molecule has 0 unspecified atom stereocenters. The van der Waals surface area contributed by atoms with Gasteiger partial charge in [0.2, 0.25) is 0 Å². The number of carbonyl (C=O) groups is 2. The number of hydrogen-bond acceptors (Lipinski definition) is 4. The van der Waals surface area contributed by atoms with E-state index < -0.39 is 18.0 Å². The van der Waals surface area contributed by atoms with Crippen LogP contribution in [0.1, 0.15) is 28.8 Å². The van der Waals surface area contributed by atoms with E-state index in [4.69, 9.17) is 9.15 Å². The third-order valence-electron chi connectivity index (χ3n) is 3.03. The fourth-order valence-electron chi connectivity index (χ4n) is 1.89. The minimum absolute atomic E-state index is 0.334. The van der Waals surface area contributed by atoms with Crippen molar-refractivity contribution < 1.29 is 18.7 Å². The highest BCUT2D eigenvalue weighted by molar-refractivity contribution is 9.10. The standard InChI is InChI=1S/C16H16BrNO4/c1-9-8-14(10(2)21-9)16(20)22-11(3)15(19)18-13-6-4-12(17)5-7-13/h4-8,11H,1-3H3,(H,18,19)/t11-/m0/s1. The van der Waals surface area contributed by atoms with Crippen molar-refractivity contribution in [2.75, 3.05) is 5.32 Å². The quantitative estimate of drug-likeness (QED) is 0.835. The van der Waals surface area contributed by atoms with Crippen molar-refractivity contribution in [3.05, 3.63) is 51.9 Å². The molecule has 2 rings (SSSR count). The number of anilines is 1. The molecule has 0 bridgehead atoms. The van der Waals surface area contributed by atoms with E-state index in [1.807, 2.05) is 12.1 Å². The number of benzene rings is 1. The van der Waals surface area contributed by atoms with Crippen LogP contribution in [0.3, 0.4) is 0 Å². The Morgan fingerprint density at radius 2 is 1.86 bits per heavy atom. The molecule has 1 N–H and O–H groups in total. The number of esters is 1. The van der Waals surface area contributed by atoms with Crippen LogP contribution in [0.4, 0.5) is 5.69 Å². The fourth-order valence-corrected chi connectivity index (χ4v) is 2.15. The Morgan fingerprint density at radius 3 is 2.41 bits per heavy atom. The minimum atomic E-state index is -0.911. The molecule has 22 heavy (non-hydrogen) atoms. The second-order valence-corrected chi connectivity index (χ2v) is 5.79. The van der Waals surface area contributed by atoms with E-state index in [0.29, 0.717) is 22.8 Å². The summed E-state index contributed by atoms with van der Waals surface area (Å²) in [5.41, 5.74) is 0.965. The molecule has 1 aromatic carbocycles. The molecular weight excluding hydrogens is 350 g/mol. The normalized spacial score (nSPS) is 11.8. The summed E-state index contributed by atoms with van der Waals surface area (Å²) >= 11 is 3.32. The van der Waals surface area contributed by atoms with Gasteiger partial charge in [-0.3, -0.25) is 4.79 Å². The molecule has 0 aliphatic carbocycles. The predicted molar refractivity (Wildman–Crippen MR) is 85.8 cm³/mol. The molecule has 0 aliphatic heterocycles. The summed E-state index contributed by atoms with van der Waals surface area (Å²) in [5, 5.41) is 2.69. The van der Waals surface area contributed by atoms with Crippen LogP contribution < -0.4 is 5.32 Å². The summed E-state index contributed by atoms with van der Waals surface area (Å²) in [6.45, 7) is 4.94. The zero-order chi connectivity index (χ0) is 16.3. The highest BCUT2D eigenvalue weighted by Crippen LogP contribution is 2.17. The zero-order valence-electron chi connectivity index (χ0n) is 12.5. The van der Waals surface area contributed by atoms with Gasteiger partial charge in [0.1, 0.15) is 17.1 Å². The molecule has 0 radical (unpaired) electrons. The number of ether oxygens (including phenoxy) is 1. The number of nitrogens with one attached hydrogen (secondary N) is 1. The Morgan fingerprint density at radius 1 is 1.23 bits per heavy atom. The van der Waals surface area contributed by atoms with Gasteiger partial charge >= 0.3 is 5.97 Å². The lowest BCUT2D eigenvalue weighted by molar-refractivity contribution is -0.123. The van der Waals surface area contributed by atoms with Gasteiger partial charge in [-0.15, -0.1) is 0 Å². The monoisotopic (exact) mass is 365 g/mol. The maximum absolute atomic E-state index is 12.0. The lowest BCUT2D eigenvalue weighted by Gasteiger charge is -2.13. The first-order chi connectivity index (χ1) is 10.4. The smallest absolute Gasteiger partial charge is 0.342 e. The van der Waals surface area contributed by atoms with Gasteiger partial charge in [-0.25, -0.2) is 4.79 Å². The predicted octanol–water partition coefficient (Wildman–Crippen LogP) is 3.84. The lowest BCUT2D eigenvalue weighted by Crippen LogP contribution is -2.30. The number of carbonyl (C=O) groups excluding carboxylic acids is 2. The van der Waals surface area contributed by atoms with Crippen LogP contribution in [0.5, 0.6) is 0 Å². The first-order valence-corrected chi connectivity index (χ1v) is 7.50.